The van der Waals surface area contributed by atoms with E-state index in [-0.39, 0.29) is 17.8 Å². The molecular formula is C27H32O13. The zero-order valence-corrected chi connectivity index (χ0v) is 21.5. The van der Waals surface area contributed by atoms with Crippen LogP contribution in [-0.4, -0.2) is 113 Å². The second kappa shape index (κ2) is 10.6. The first-order valence-electron chi connectivity index (χ1n) is 12.9. The van der Waals surface area contributed by atoms with Gasteiger partial charge in [-0.1, -0.05) is 6.07 Å². The highest BCUT2D eigenvalue weighted by Gasteiger charge is 2.53. The van der Waals surface area contributed by atoms with Gasteiger partial charge in [0.15, 0.2) is 12.4 Å². The Balaban J connectivity index is 1.22. The molecule has 0 aromatic heterocycles. The Kier molecular flexibility index (Phi) is 7.27. The Bertz CT molecular complexity index is 1220. The Hall–Kier alpha value is -2.72. The highest BCUT2D eigenvalue weighted by Crippen LogP contribution is 2.52. The lowest BCUT2D eigenvalue weighted by Gasteiger charge is -2.42. The minimum atomic E-state index is -1.96. The van der Waals surface area contributed by atoms with Gasteiger partial charge in [-0.2, -0.15) is 0 Å². The van der Waals surface area contributed by atoms with Crippen LogP contribution >= 0.6 is 0 Å². The van der Waals surface area contributed by atoms with E-state index < -0.39 is 68.5 Å². The zero-order valence-electron chi connectivity index (χ0n) is 21.5. The summed E-state index contributed by atoms with van der Waals surface area (Å²) in [5.74, 6) is 2.21. The van der Waals surface area contributed by atoms with Crippen molar-refractivity contribution in [2.24, 2.45) is 0 Å². The van der Waals surface area contributed by atoms with Gasteiger partial charge in [0.1, 0.15) is 59.1 Å². The molecule has 4 aliphatic rings. The first kappa shape index (κ1) is 27.4. The van der Waals surface area contributed by atoms with Crippen molar-refractivity contribution in [1.29, 1.82) is 0 Å². The van der Waals surface area contributed by atoms with E-state index in [1.165, 1.54) is 0 Å². The van der Waals surface area contributed by atoms with Crippen molar-refractivity contribution in [2.75, 3.05) is 33.5 Å². The lowest BCUT2D eigenvalue weighted by Crippen LogP contribution is -2.62. The Labute approximate surface area is 228 Å². The number of aliphatic hydroxyl groups excluding tert-OH is 5. The molecule has 6 rings (SSSR count). The highest BCUT2D eigenvalue weighted by atomic mass is 16.8. The molecule has 10 atom stereocenters. The quantitative estimate of drug-likeness (QED) is 0.239. The van der Waals surface area contributed by atoms with Gasteiger partial charge in [0.2, 0.25) is 6.29 Å². The van der Waals surface area contributed by atoms with E-state index in [2.05, 4.69) is 0 Å². The topological polar surface area (TPSA) is 186 Å². The van der Waals surface area contributed by atoms with E-state index in [0.29, 0.717) is 18.1 Å². The van der Waals surface area contributed by atoms with Crippen LogP contribution in [-0.2, 0) is 14.2 Å². The van der Waals surface area contributed by atoms with Crippen molar-refractivity contribution < 1.29 is 63.8 Å². The van der Waals surface area contributed by atoms with Crippen molar-refractivity contribution in [3.63, 3.8) is 0 Å². The Morgan fingerprint density at radius 3 is 2.42 bits per heavy atom. The van der Waals surface area contributed by atoms with Gasteiger partial charge in [0.05, 0.1) is 39.5 Å². The first-order valence-corrected chi connectivity index (χ1v) is 12.9. The fraction of sp³-hybridized carbons (Fsp3) is 0.556. The minimum Gasteiger partial charge on any atom is -0.497 e. The lowest BCUT2D eigenvalue weighted by atomic mass is 9.89. The summed E-state index contributed by atoms with van der Waals surface area (Å²) >= 11 is 0. The molecule has 6 N–H and O–H groups in total. The number of fused-ring (bicyclic) bond motifs is 5. The molecule has 218 valence electrons. The third-order valence-corrected chi connectivity index (χ3v) is 7.90. The first-order chi connectivity index (χ1) is 19.3. The van der Waals surface area contributed by atoms with Gasteiger partial charge < -0.3 is 63.8 Å². The second-order valence-corrected chi connectivity index (χ2v) is 10.4. The molecule has 4 aliphatic heterocycles. The Morgan fingerprint density at radius 2 is 1.70 bits per heavy atom. The molecule has 0 radical (unpaired) electrons. The van der Waals surface area contributed by atoms with E-state index in [1.54, 1.807) is 25.3 Å². The maximum absolute atomic E-state index is 10.8. The zero-order chi connectivity index (χ0) is 28.2. The molecule has 0 unspecified atom stereocenters. The summed E-state index contributed by atoms with van der Waals surface area (Å²) in [5.41, 5.74) is -0.126. The standard InChI is InChI=1S/C27H32O13/c1-34-12-2-4-14-16-9-35-17-7-13(3-5-15(17)22(16)38-18(14)6-12)37-25-23(21(31)20(30)19(8-28)39-25)40-26-24(32)27(33,10-29)11-36-26/h2-7,16,19-26,28-33H,8-11H2,1H3/t16-,19-,20-,21+,22-,23-,24+,25-,26+,27-/m1/s1. The summed E-state index contributed by atoms with van der Waals surface area (Å²) in [6, 6.07) is 10.8. The van der Waals surface area contributed by atoms with Gasteiger partial charge >= 0.3 is 0 Å². The van der Waals surface area contributed by atoms with Gasteiger partial charge in [-0.05, 0) is 18.2 Å². The molecule has 2 aromatic rings. The van der Waals surface area contributed by atoms with Crippen LogP contribution in [0.15, 0.2) is 36.4 Å². The maximum atomic E-state index is 10.8. The highest BCUT2D eigenvalue weighted by molar-refractivity contribution is 5.52. The van der Waals surface area contributed by atoms with Crippen LogP contribution in [0.2, 0.25) is 0 Å². The van der Waals surface area contributed by atoms with Crippen molar-refractivity contribution >= 4 is 0 Å². The molecular weight excluding hydrogens is 532 g/mol. The molecule has 2 fully saturated rings. The SMILES string of the molecule is COc1ccc2c(c1)O[C@@H]1c3ccc(O[C@@H]4O[C@H](CO)[C@@H](O)[C@H](O)[C@H]4O[C@@H]4OC[C@](O)(CO)[C@H]4O)cc3OC[C@H]21. The minimum absolute atomic E-state index is 0.00279. The average molecular weight is 565 g/mol. The molecule has 13 nitrogen and oxygen atoms in total. The summed E-state index contributed by atoms with van der Waals surface area (Å²) in [7, 11) is 1.59. The summed E-state index contributed by atoms with van der Waals surface area (Å²) in [5, 5.41) is 61.0. The van der Waals surface area contributed by atoms with Crippen LogP contribution in [0.4, 0.5) is 0 Å². The van der Waals surface area contributed by atoms with E-state index >= 15 is 0 Å². The predicted molar refractivity (Wildman–Crippen MR) is 132 cm³/mol. The monoisotopic (exact) mass is 564 g/mol. The van der Waals surface area contributed by atoms with Crippen molar-refractivity contribution in [3.8, 4) is 23.0 Å². The lowest BCUT2D eigenvalue weighted by molar-refractivity contribution is -0.318. The van der Waals surface area contributed by atoms with E-state index in [4.69, 9.17) is 33.2 Å². The number of aliphatic hydroxyl groups is 6. The van der Waals surface area contributed by atoms with Gasteiger partial charge in [-0.15, -0.1) is 0 Å². The van der Waals surface area contributed by atoms with Crippen LogP contribution in [0.25, 0.3) is 0 Å². The molecule has 0 bridgehead atoms. The van der Waals surface area contributed by atoms with Crippen molar-refractivity contribution in [3.05, 3.63) is 47.5 Å². The summed E-state index contributed by atoms with van der Waals surface area (Å²) in [6.45, 7) is -1.45. The van der Waals surface area contributed by atoms with E-state index in [9.17, 15) is 30.6 Å². The van der Waals surface area contributed by atoms with Crippen molar-refractivity contribution in [2.45, 2.75) is 60.7 Å². The third kappa shape index (κ3) is 4.57. The van der Waals surface area contributed by atoms with Gasteiger partial charge in [0.25, 0.3) is 0 Å². The summed E-state index contributed by atoms with van der Waals surface area (Å²) < 4.78 is 40.3. The molecule has 2 aromatic carbocycles. The molecule has 0 spiro atoms. The molecule has 13 heteroatoms. The number of rotatable bonds is 7. The molecule has 2 saturated heterocycles. The molecule has 0 saturated carbocycles. The van der Waals surface area contributed by atoms with Crippen LogP contribution < -0.4 is 18.9 Å². The average Bonchev–Trinajstić information content (AvgIpc) is 3.49. The summed E-state index contributed by atoms with van der Waals surface area (Å²) in [6.07, 6.45) is -10.5. The number of hydrogen-bond acceptors (Lipinski definition) is 13. The molecule has 0 aliphatic carbocycles. The fourth-order valence-corrected chi connectivity index (χ4v) is 5.51. The van der Waals surface area contributed by atoms with Gasteiger partial charge in [0, 0.05) is 23.3 Å². The number of hydrogen-bond donors (Lipinski definition) is 6. The van der Waals surface area contributed by atoms with Crippen LogP contribution in [0.1, 0.15) is 23.1 Å². The number of benzene rings is 2. The third-order valence-electron chi connectivity index (χ3n) is 7.90. The normalized spacial score (nSPS) is 38.0. The smallest absolute Gasteiger partial charge is 0.229 e. The summed E-state index contributed by atoms with van der Waals surface area (Å²) in [4.78, 5) is 0. The van der Waals surface area contributed by atoms with Crippen molar-refractivity contribution in [1.82, 2.24) is 0 Å². The fourth-order valence-electron chi connectivity index (χ4n) is 5.51. The van der Waals surface area contributed by atoms with Gasteiger partial charge in [-0.25, -0.2) is 0 Å². The van der Waals surface area contributed by atoms with Crippen LogP contribution in [0, 0.1) is 0 Å². The van der Waals surface area contributed by atoms with Crippen LogP contribution in [0.5, 0.6) is 23.0 Å². The number of methoxy groups -OCH3 is 1. The molecule has 40 heavy (non-hydrogen) atoms. The largest absolute Gasteiger partial charge is 0.497 e. The number of ether oxygens (including phenoxy) is 7. The van der Waals surface area contributed by atoms with Crippen LogP contribution in [0.3, 0.4) is 0 Å². The predicted octanol–water partition coefficient (Wildman–Crippen LogP) is -1.05. The molecule has 4 heterocycles. The molecule has 0 amide bonds. The van der Waals surface area contributed by atoms with Gasteiger partial charge in [-0.3, -0.25) is 0 Å². The van der Waals surface area contributed by atoms with E-state index in [1.807, 2.05) is 18.2 Å². The van der Waals surface area contributed by atoms with E-state index in [0.717, 1.165) is 16.9 Å². The second-order valence-electron chi connectivity index (χ2n) is 10.4. The Morgan fingerprint density at radius 1 is 0.950 bits per heavy atom. The maximum Gasteiger partial charge on any atom is 0.229 e.